The van der Waals surface area contributed by atoms with Crippen molar-refractivity contribution < 1.29 is 24.2 Å². The van der Waals surface area contributed by atoms with Crippen molar-refractivity contribution in [3.05, 3.63) is 0 Å². The summed E-state index contributed by atoms with van der Waals surface area (Å²) in [6, 6.07) is -0.413. The van der Waals surface area contributed by atoms with E-state index >= 15 is 0 Å². The highest BCUT2D eigenvalue weighted by Gasteiger charge is 2.39. The Hall–Kier alpha value is -1.28. The van der Waals surface area contributed by atoms with Crippen LogP contribution in [0.25, 0.3) is 0 Å². The number of nitrogens with zero attached hydrogens (tertiary/aromatic N) is 2. The van der Waals surface area contributed by atoms with E-state index in [0.717, 1.165) is 5.75 Å². The maximum absolute atomic E-state index is 12.3. The monoisotopic (exact) mass is 316 g/mol. The minimum Gasteiger partial charge on any atom is -0.481 e. The van der Waals surface area contributed by atoms with Crippen molar-refractivity contribution in [3.8, 4) is 0 Å². The number of likely N-dealkylation sites (N-methyl/N-ethyl adjacent to an activating group) is 1. The van der Waals surface area contributed by atoms with Crippen LogP contribution in [0.3, 0.4) is 0 Å². The number of aliphatic carboxylic acids is 1. The van der Waals surface area contributed by atoms with Crippen LogP contribution in [0.4, 0.5) is 4.79 Å². The van der Waals surface area contributed by atoms with E-state index in [-0.39, 0.29) is 30.8 Å². The smallest absolute Gasteiger partial charge is 0.311 e. The topological polar surface area (TPSA) is 87.2 Å². The molecular weight excluding hydrogens is 296 g/mol. The summed E-state index contributed by atoms with van der Waals surface area (Å²) in [6.45, 7) is 3.74. The van der Waals surface area contributed by atoms with Crippen LogP contribution < -0.4 is 0 Å². The number of carbonyl (C=O) groups is 3. The average molecular weight is 316 g/mol. The second kappa shape index (κ2) is 7.13. The zero-order chi connectivity index (χ0) is 15.4. The van der Waals surface area contributed by atoms with Gasteiger partial charge in [0.2, 0.25) is 5.91 Å². The van der Waals surface area contributed by atoms with Gasteiger partial charge in [0, 0.05) is 31.8 Å². The molecule has 7 nitrogen and oxygen atoms in total. The molecule has 0 bridgehead atoms. The fourth-order valence-electron chi connectivity index (χ4n) is 2.68. The molecule has 2 aliphatic heterocycles. The van der Waals surface area contributed by atoms with Gasteiger partial charge in [-0.3, -0.25) is 14.4 Å². The summed E-state index contributed by atoms with van der Waals surface area (Å²) in [7, 11) is 0. The van der Waals surface area contributed by atoms with Gasteiger partial charge in [-0.15, -0.1) is 0 Å². The van der Waals surface area contributed by atoms with Crippen molar-refractivity contribution in [3.63, 3.8) is 0 Å². The minimum absolute atomic E-state index is 0.0125. The predicted molar refractivity (Wildman–Crippen MR) is 77.2 cm³/mol. The van der Waals surface area contributed by atoms with Crippen LogP contribution in [0, 0.1) is 5.92 Å². The van der Waals surface area contributed by atoms with E-state index in [1.807, 2.05) is 6.92 Å². The Morgan fingerprint density at radius 2 is 2.24 bits per heavy atom. The molecule has 2 saturated heterocycles. The lowest BCUT2D eigenvalue weighted by molar-refractivity contribution is -0.145. The molecule has 21 heavy (non-hydrogen) atoms. The number of ether oxygens (including phenoxy) is 1. The molecule has 0 saturated carbocycles. The summed E-state index contributed by atoms with van der Waals surface area (Å²) >= 11 is 1.27. The molecule has 2 heterocycles. The Morgan fingerprint density at radius 1 is 1.48 bits per heavy atom. The highest BCUT2D eigenvalue weighted by Crippen LogP contribution is 2.22. The van der Waals surface area contributed by atoms with Gasteiger partial charge in [0.25, 0.3) is 5.24 Å². The van der Waals surface area contributed by atoms with E-state index in [1.54, 1.807) is 9.80 Å². The largest absolute Gasteiger partial charge is 0.481 e. The second-order valence-corrected chi connectivity index (χ2v) is 6.13. The highest BCUT2D eigenvalue weighted by atomic mass is 32.2. The number of amides is 2. The molecular formula is C13H20N2O5S. The predicted octanol–water partition coefficient (Wildman–Crippen LogP) is 0.493. The van der Waals surface area contributed by atoms with Crippen LogP contribution in [0.1, 0.15) is 13.3 Å². The molecule has 2 fully saturated rings. The lowest BCUT2D eigenvalue weighted by atomic mass is 10.0. The molecule has 2 unspecified atom stereocenters. The zero-order valence-corrected chi connectivity index (χ0v) is 12.8. The van der Waals surface area contributed by atoms with Crippen LogP contribution in [0.5, 0.6) is 0 Å². The molecule has 0 aromatic rings. The van der Waals surface area contributed by atoms with E-state index in [0.29, 0.717) is 19.6 Å². The van der Waals surface area contributed by atoms with Gasteiger partial charge in [-0.05, 0) is 6.92 Å². The van der Waals surface area contributed by atoms with E-state index < -0.39 is 17.9 Å². The van der Waals surface area contributed by atoms with E-state index in [9.17, 15) is 19.5 Å². The molecule has 118 valence electrons. The molecule has 2 aliphatic rings. The quantitative estimate of drug-likeness (QED) is 0.767. The molecule has 2 atom stereocenters. The molecule has 0 aliphatic carbocycles. The van der Waals surface area contributed by atoms with E-state index in [4.69, 9.17) is 4.74 Å². The van der Waals surface area contributed by atoms with Crippen LogP contribution >= 0.6 is 11.8 Å². The SMILES string of the molecule is CCN(C(=O)CCN1CCSC1=O)C1COCC1C(=O)O. The molecule has 8 heteroatoms. The third kappa shape index (κ3) is 3.68. The van der Waals surface area contributed by atoms with Gasteiger partial charge in [-0.1, -0.05) is 11.8 Å². The lowest BCUT2D eigenvalue weighted by Crippen LogP contribution is -2.47. The number of carboxylic acid groups (broad SMARTS) is 1. The summed E-state index contributed by atoms with van der Waals surface area (Å²) in [5.41, 5.74) is 0. The Bertz CT molecular complexity index is 431. The first-order valence-corrected chi connectivity index (χ1v) is 8.04. The van der Waals surface area contributed by atoms with E-state index in [2.05, 4.69) is 0 Å². The van der Waals surface area contributed by atoms with Gasteiger partial charge < -0.3 is 19.6 Å². The number of rotatable bonds is 6. The van der Waals surface area contributed by atoms with Crippen LogP contribution in [0.15, 0.2) is 0 Å². The molecule has 0 aromatic heterocycles. The fourth-order valence-corrected chi connectivity index (χ4v) is 3.54. The number of hydrogen-bond acceptors (Lipinski definition) is 5. The Kier molecular flexibility index (Phi) is 5.46. The molecule has 0 radical (unpaired) electrons. The van der Waals surface area contributed by atoms with Crippen LogP contribution in [-0.2, 0) is 14.3 Å². The number of hydrogen-bond donors (Lipinski definition) is 1. The fraction of sp³-hybridized carbons (Fsp3) is 0.769. The summed E-state index contributed by atoms with van der Waals surface area (Å²) in [5, 5.41) is 9.19. The molecule has 1 N–H and O–H groups in total. The van der Waals surface area contributed by atoms with Crippen LogP contribution in [0.2, 0.25) is 0 Å². The second-order valence-electron chi connectivity index (χ2n) is 5.08. The Morgan fingerprint density at radius 3 is 2.81 bits per heavy atom. The van der Waals surface area contributed by atoms with Gasteiger partial charge in [0.15, 0.2) is 0 Å². The van der Waals surface area contributed by atoms with Crippen molar-refractivity contribution >= 4 is 28.9 Å². The molecule has 2 rings (SSSR count). The minimum atomic E-state index is -0.935. The van der Waals surface area contributed by atoms with Crippen molar-refractivity contribution in [1.29, 1.82) is 0 Å². The van der Waals surface area contributed by atoms with Crippen molar-refractivity contribution in [2.45, 2.75) is 19.4 Å². The first-order valence-electron chi connectivity index (χ1n) is 7.06. The lowest BCUT2D eigenvalue weighted by Gasteiger charge is -2.30. The molecule has 0 spiro atoms. The average Bonchev–Trinajstić information content (AvgIpc) is 3.06. The van der Waals surface area contributed by atoms with Crippen LogP contribution in [-0.4, -0.2) is 76.7 Å². The molecule has 0 aromatic carbocycles. The normalized spacial score (nSPS) is 25.4. The highest BCUT2D eigenvalue weighted by molar-refractivity contribution is 8.13. The summed E-state index contributed by atoms with van der Waals surface area (Å²) in [4.78, 5) is 38.2. The first kappa shape index (κ1) is 16.1. The third-order valence-electron chi connectivity index (χ3n) is 3.87. The number of carbonyl (C=O) groups excluding carboxylic acids is 2. The molecule has 2 amide bonds. The van der Waals surface area contributed by atoms with Gasteiger partial charge in [0.1, 0.15) is 5.92 Å². The van der Waals surface area contributed by atoms with Gasteiger partial charge >= 0.3 is 5.97 Å². The summed E-state index contributed by atoms with van der Waals surface area (Å²) in [5.74, 6) is -0.959. The first-order chi connectivity index (χ1) is 10.0. The van der Waals surface area contributed by atoms with Gasteiger partial charge in [0.05, 0.1) is 19.3 Å². The number of carboxylic acids is 1. The zero-order valence-electron chi connectivity index (χ0n) is 12.0. The van der Waals surface area contributed by atoms with Crippen molar-refractivity contribution in [2.24, 2.45) is 5.92 Å². The van der Waals surface area contributed by atoms with Gasteiger partial charge in [-0.2, -0.15) is 0 Å². The number of thioether (sulfide) groups is 1. The summed E-state index contributed by atoms with van der Waals surface area (Å²) in [6.07, 6.45) is 0.225. The summed E-state index contributed by atoms with van der Waals surface area (Å²) < 4.78 is 5.22. The maximum atomic E-state index is 12.3. The van der Waals surface area contributed by atoms with Crippen molar-refractivity contribution in [1.82, 2.24) is 9.80 Å². The maximum Gasteiger partial charge on any atom is 0.311 e. The van der Waals surface area contributed by atoms with Gasteiger partial charge in [-0.25, -0.2) is 0 Å². The van der Waals surface area contributed by atoms with E-state index in [1.165, 1.54) is 11.8 Å². The Balaban J connectivity index is 1.92. The third-order valence-corrected chi connectivity index (χ3v) is 4.76. The standard InChI is InChI=1S/C13H20N2O5S/c1-2-15(10-8-20-7-9(10)12(17)18)11(16)3-4-14-5-6-21-13(14)19/h9-10H,2-8H2,1H3,(H,17,18). The Labute approximate surface area is 127 Å². The van der Waals surface area contributed by atoms with Crippen molar-refractivity contribution in [2.75, 3.05) is 38.6 Å².